The molecule has 2 nitrogen and oxygen atoms in total. The van der Waals surface area contributed by atoms with Gasteiger partial charge in [0, 0.05) is 0 Å². The minimum atomic E-state index is -0.250. The van der Waals surface area contributed by atoms with Gasteiger partial charge in [-0.3, -0.25) is 4.79 Å². The maximum atomic E-state index is 8.36. The molecular weight excluding hydrogens is 116 g/mol. The normalized spacial score (nSPS) is 18.3. The van der Waals surface area contributed by atoms with E-state index in [1.807, 2.05) is 0 Å². The maximum Gasteiger partial charge on any atom is 0.290 e. The molecule has 0 saturated heterocycles. The van der Waals surface area contributed by atoms with Gasteiger partial charge in [-0.2, -0.15) is 0 Å². The Labute approximate surface area is 55.9 Å². The van der Waals surface area contributed by atoms with E-state index in [9.17, 15) is 0 Å². The number of hydrogen-bond donors (Lipinski definition) is 1. The first-order chi connectivity index (χ1) is 4.31. The summed E-state index contributed by atoms with van der Waals surface area (Å²) in [6.45, 7) is 2.09. The summed E-state index contributed by atoms with van der Waals surface area (Å²) in [4.78, 5) is 8.36. The summed E-state index contributed by atoms with van der Waals surface area (Å²) in [5.41, 5.74) is 0. The molecule has 0 aliphatic heterocycles. The number of carbonyl (C=O) groups is 1. The van der Waals surface area contributed by atoms with Crippen LogP contribution < -0.4 is 0 Å². The van der Waals surface area contributed by atoms with Crippen molar-refractivity contribution in [1.29, 1.82) is 0 Å². The summed E-state index contributed by atoms with van der Waals surface area (Å²) < 4.78 is 0. The van der Waals surface area contributed by atoms with Crippen molar-refractivity contribution in [2.75, 3.05) is 0 Å². The molecule has 0 heterocycles. The highest BCUT2D eigenvalue weighted by atomic mass is 16.3. The van der Waals surface area contributed by atoms with Crippen LogP contribution in [0.1, 0.15) is 32.6 Å². The lowest BCUT2D eigenvalue weighted by molar-refractivity contribution is -0.122. The van der Waals surface area contributed by atoms with E-state index in [0.717, 1.165) is 5.92 Å². The highest BCUT2D eigenvalue weighted by Crippen LogP contribution is 2.22. The first kappa shape index (κ1) is 8.47. The second-order valence-electron chi connectivity index (χ2n) is 2.50. The summed E-state index contributed by atoms with van der Waals surface area (Å²) >= 11 is 0. The Bertz CT molecular complexity index is 65.3. The molecule has 1 aliphatic rings. The van der Waals surface area contributed by atoms with Gasteiger partial charge in [-0.15, -0.1) is 0 Å². The van der Waals surface area contributed by atoms with Gasteiger partial charge >= 0.3 is 0 Å². The number of hydrogen-bond acceptors (Lipinski definition) is 1. The molecule has 0 unspecified atom stereocenters. The fraction of sp³-hybridized carbons (Fsp3) is 0.857. The van der Waals surface area contributed by atoms with Crippen molar-refractivity contribution in [2.24, 2.45) is 5.92 Å². The van der Waals surface area contributed by atoms with Crippen LogP contribution in [0.15, 0.2) is 0 Å². The van der Waals surface area contributed by atoms with Gasteiger partial charge in [0.2, 0.25) is 0 Å². The summed E-state index contributed by atoms with van der Waals surface area (Å²) in [6, 6.07) is 0. The van der Waals surface area contributed by atoms with Crippen LogP contribution in [0.4, 0.5) is 0 Å². The minimum absolute atomic E-state index is 0.250. The lowest BCUT2D eigenvalue weighted by Gasteiger charge is -1.91. The Hall–Kier alpha value is -0.530. The Morgan fingerprint density at radius 2 is 1.78 bits per heavy atom. The second-order valence-corrected chi connectivity index (χ2v) is 2.50. The zero-order valence-corrected chi connectivity index (χ0v) is 5.84. The topological polar surface area (TPSA) is 37.3 Å². The van der Waals surface area contributed by atoms with Gasteiger partial charge in [0.25, 0.3) is 6.47 Å². The fourth-order valence-electron chi connectivity index (χ4n) is 1.13. The molecule has 1 aliphatic carbocycles. The Morgan fingerprint density at radius 1 is 1.44 bits per heavy atom. The smallest absolute Gasteiger partial charge is 0.290 e. The van der Waals surface area contributed by atoms with Crippen LogP contribution >= 0.6 is 0 Å². The van der Waals surface area contributed by atoms with Gasteiger partial charge in [-0.1, -0.05) is 32.6 Å². The predicted molar refractivity (Wildman–Crippen MR) is 36.3 cm³/mol. The van der Waals surface area contributed by atoms with E-state index in [-0.39, 0.29) is 6.47 Å². The molecule has 1 fully saturated rings. The van der Waals surface area contributed by atoms with Crippen LogP contribution in [0.3, 0.4) is 0 Å². The molecule has 0 radical (unpaired) electrons. The molecule has 1 saturated carbocycles. The lowest BCUT2D eigenvalue weighted by atomic mass is 10.2. The zero-order chi connectivity index (χ0) is 7.11. The highest BCUT2D eigenvalue weighted by Gasteiger charge is 2.07. The molecule has 0 bridgehead atoms. The van der Waals surface area contributed by atoms with E-state index in [1.165, 1.54) is 25.7 Å². The van der Waals surface area contributed by atoms with Crippen molar-refractivity contribution < 1.29 is 9.90 Å². The van der Waals surface area contributed by atoms with Crippen molar-refractivity contribution in [3.63, 3.8) is 0 Å². The molecule has 9 heavy (non-hydrogen) atoms. The third-order valence-corrected chi connectivity index (χ3v) is 1.64. The number of carboxylic acid groups (broad SMARTS) is 1. The van der Waals surface area contributed by atoms with Gasteiger partial charge in [0.05, 0.1) is 0 Å². The van der Waals surface area contributed by atoms with Gasteiger partial charge in [-0.05, 0) is 5.92 Å². The monoisotopic (exact) mass is 130 g/mol. The van der Waals surface area contributed by atoms with Crippen LogP contribution in [0.5, 0.6) is 0 Å². The molecule has 0 atom stereocenters. The first-order valence-electron chi connectivity index (χ1n) is 3.39. The molecule has 54 valence electrons. The SMILES string of the molecule is CC1CCCC1.O=CO. The van der Waals surface area contributed by atoms with Crippen molar-refractivity contribution in [3.05, 3.63) is 0 Å². The van der Waals surface area contributed by atoms with Crippen LogP contribution in [0.2, 0.25) is 0 Å². The Morgan fingerprint density at radius 3 is 1.89 bits per heavy atom. The van der Waals surface area contributed by atoms with Gasteiger partial charge in [-0.25, -0.2) is 0 Å². The minimum Gasteiger partial charge on any atom is -0.483 e. The molecule has 0 aromatic heterocycles. The van der Waals surface area contributed by atoms with Crippen molar-refractivity contribution >= 4 is 6.47 Å². The van der Waals surface area contributed by atoms with Crippen molar-refractivity contribution in [3.8, 4) is 0 Å². The van der Waals surface area contributed by atoms with E-state index in [4.69, 9.17) is 9.90 Å². The average molecular weight is 130 g/mol. The molecule has 0 amide bonds. The average Bonchev–Trinajstić information content (AvgIpc) is 2.20. The molecule has 0 aromatic rings. The second kappa shape index (κ2) is 5.60. The maximum absolute atomic E-state index is 8.36. The molecule has 0 spiro atoms. The number of rotatable bonds is 0. The largest absolute Gasteiger partial charge is 0.483 e. The van der Waals surface area contributed by atoms with Crippen LogP contribution in [0.25, 0.3) is 0 Å². The van der Waals surface area contributed by atoms with Gasteiger partial charge < -0.3 is 5.11 Å². The summed E-state index contributed by atoms with van der Waals surface area (Å²) in [7, 11) is 0. The van der Waals surface area contributed by atoms with E-state index in [0.29, 0.717) is 0 Å². The summed E-state index contributed by atoms with van der Waals surface area (Å²) in [5.74, 6) is 1.05. The highest BCUT2D eigenvalue weighted by molar-refractivity contribution is 5.32. The Balaban J connectivity index is 0.000000187. The predicted octanol–water partition coefficient (Wildman–Crippen LogP) is 1.90. The molecular formula is C7H14O2. The van der Waals surface area contributed by atoms with Crippen molar-refractivity contribution in [2.45, 2.75) is 32.6 Å². The van der Waals surface area contributed by atoms with E-state index >= 15 is 0 Å². The molecule has 1 rings (SSSR count). The molecule has 2 heteroatoms. The zero-order valence-electron chi connectivity index (χ0n) is 5.84. The van der Waals surface area contributed by atoms with E-state index in [1.54, 1.807) is 0 Å². The quantitative estimate of drug-likeness (QED) is 0.508. The summed E-state index contributed by atoms with van der Waals surface area (Å²) in [5, 5.41) is 6.89. The fourth-order valence-corrected chi connectivity index (χ4v) is 1.13. The standard InChI is InChI=1S/C6H12.CH2O2/c1-6-4-2-3-5-6;2-1-3/h6H,2-5H2,1H3;1H,(H,2,3). The third-order valence-electron chi connectivity index (χ3n) is 1.64. The molecule has 1 N–H and O–H groups in total. The summed E-state index contributed by atoms with van der Waals surface area (Å²) in [6.07, 6.45) is 5.95. The van der Waals surface area contributed by atoms with Crippen LogP contribution in [0, 0.1) is 5.92 Å². The van der Waals surface area contributed by atoms with Gasteiger partial charge in [0.1, 0.15) is 0 Å². The van der Waals surface area contributed by atoms with Gasteiger partial charge in [0.15, 0.2) is 0 Å². The van der Waals surface area contributed by atoms with Crippen molar-refractivity contribution in [1.82, 2.24) is 0 Å². The molecule has 0 aromatic carbocycles. The van der Waals surface area contributed by atoms with E-state index < -0.39 is 0 Å². The third kappa shape index (κ3) is 5.34. The van der Waals surface area contributed by atoms with Crippen LogP contribution in [-0.2, 0) is 4.79 Å². The first-order valence-corrected chi connectivity index (χ1v) is 3.39. The van der Waals surface area contributed by atoms with Crippen LogP contribution in [-0.4, -0.2) is 11.6 Å². The van der Waals surface area contributed by atoms with E-state index in [2.05, 4.69) is 6.92 Å². The lowest BCUT2D eigenvalue weighted by Crippen LogP contribution is -1.78. The Kier molecular flexibility index (Phi) is 5.27.